The summed E-state index contributed by atoms with van der Waals surface area (Å²) in [5, 5.41) is 4.09. The minimum Gasteiger partial charge on any atom is -0.339 e. The van der Waals surface area contributed by atoms with Crippen LogP contribution < -0.4 is 0 Å². The molecule has 126 valence electrons. The standard InChI is InChI=1S/C19H23N3O2/c1-13-2-4-14(5-3-13)18(23)15-8-10-22(11-9-15)12-17-20-19(24-21-17)16-6-7-16/h2-5,15-16H,6-12H2,1H3. The van der Waals surface area contributed by atoms with E-state index in [1.54, 1.807) is 0 Å². The Morgan fingerprint density at radius 1 is 1.17 bits per heavy atom. The summed E-state index contributed by atoms with van der Waals surface area (Å²) in [6.07, 6.45) is 4.16. The Balaban J connectivity index is 1.30. The van der Waals surface area contributed by atoms with Gasteiger partial charge in [0.15, 0.2) is 11.6 Å². The predicted octanol–water partition coefficient (Wildman–Crippen LogP) is 3.35. The van der Waals surface area contributed by atoms with Gasteiger partial charge in [0.05, 0.1) is 6.54 Å². The molecule has 0 radical (unpaired) electrons. The molecule has 0 bridgehead atoms. The van der Waals surface area contributed by atoms with Crippen LogP contribution in [0, 0.1) is 12.8 Å². The highest BCUT2D eigenvalue weighted by molar-refractivity contribution is 5.97. The van der Waals surface area contributed by atoms with Crippen molar-refractivity contribution >= 4 is 5.78 Å². The van der Waals surface area contributed by atoms with Gasteiger partial charge in [-0.25, -0.2) is 0 Å². The van der Waals surface area contributed by atoms with Gasteiger partial charge in [-0.1, -0.05) is 35.0 Å². The quantitative estimate of drug-likeness (QED) is 0.789. The van der Waals surface area contributed by atoms with Crippen molar-refractivity contribution in [1.82, 2.24) is 15.0 Å². The minimum atomic E-state index is 0.135. The predicted molar refractivity (Wildman–Crippen MR) is 89.8 cm³/mol. The van der Waals surface area contributed by atoms with Gasteiger partial charge in [-0.15, -0.1) is 0 Å². The van der Waals surface area contributed by atoms with Crippen LogP contribution in [0.15, 0.2) is 28.8 Å². The van der Waals surface area contributed by atoms with Gasteiger partial charge in [0.25, 0.3) is 0 Å². The molecule has 24 heavy (non-hydrogen) atoms. The van der Waals surface area contributed by atoms with Gasteiger partial charge in [0.2, 0.25) is 5.89 Å². The maximum Gasteiger partial charge on any atom is 0.229 e. The third-order valence-corrected chi connectivity index (χ3v) is 5.07. The van der Waals surface area contributed by atoms with E-state index in [1.807, 2.05) is 31.2 Å². The van der Waals surface area contributed by atoms with Gasteiger partial charge in [0.1, 0.15) is 0 Å². The van der Waals surface area contributed by atoms with Crippen LogP contribution in [0.1, 0.15) is 59.2 Å². The first-order chi connectivity index (χ1) is 11.7. The molecule has 1 saturated heterocycles. The highest BCUT2D eigenvalue weighted by Crippen LogP contribution is 2.38. The number of aromatic nitrogens is 2. The molecule has 2 fully saturated rings. The molecule has 1 saturated carbocycles. The van der Waals surface area contributed by atoms with Gasteiger partial charge in [-0.3, -0.25) is 9.69 Å². The molecule has 1 aliphatic heterocycles. The second-order valence-electron chi connectivity index (χ2n) is 7.10. The topological polar surface area (TPSA) is 59.2 Å². The number of ketones is 1. The Kier molecular flexibility index (Phi) is 4.19. The fraction of sp³-hybridized carbons (Fsp3) is 0.526. The van der Waals surface area contributed by atoms with E-state index >= 15 is 0 Å². The van der Waals surface area contributed by atoms with E-state index in [4.69, 9.17) is 4.52 Å². The Morgan fingerprint density at radius 2 is 1.88 bits per heavy atom. The van der Waals surface area contributed by atoms with Crippen molar-refractivity contribution < 1.29 is 9.32 Å². The first-order valence-electron chi connectivity index (χ1n) is 8.85. The SMILES string of the molecule is Cc1ccc(C(=O)C2CCN(Cc3noc(C4CC4)n3)CC2)cc1. The smallest absolute Gasteiger partial charge is 0.229 e. The maximum absolute atomic E-state index is 12.6. The number of rotatable bonds is 5. The van der Waals surface area contributed by atoms with E-state index in [-0.39, 0.29) is 11.7 Å². The average molecular weight is 325 g/mol. The Bertz CT molecular complexity index is 710. The summed E-state index contributed by atoms with van der Waals surface area (Å²) in [4.78, 5) is 19.4. The number of likely N-dealkylation sites (tertiary alicyclic amines) is 1. The number of benzene rings is 1. The molecule has 0 amide bonds. The van der Waals surface area contributed by atoms with Crippen molar-refractivity contribution in [2.24, 2.45) is 5.92 Å². The van der Waals surface area contributed by atoms with E-state index < -0.39 is 0 Å². The minimum absolute atomic E-state index is 0.135. The first-order valence-corrected chi connectivity index (χ1v) is 8.85. The van der Waals surface area contributed by atoms with Crippen LogP contribution >= 0.6 is 0 Å². The molecule has 1 aromatic heterocycles. The van der Waals surface area contributed by atoms with Crippen molar-refractivity contribution in [2.45, 2.75) is 45.1 Å². The molecular weight excluding hydrogens is 302 g/mol. The maximum atomic E-state index is 12.6. The molecule has 5 heteroatoms. The van der Waals surface area contributed by atoms with Crippen LogP contribution in [0.5, 0.6) is 0 Å². The molecule has 2 aromatic rings. The zero-order chi connectivity index (χ0) is 16.5. The molecule has 0 unspecified atom stereocenters. The fourth-order valence-corrected chi connectivity index (χ4v) is 3.33. The summed E-state index contributed by atoms with van der Waals surface area (Å²) in [7, 11) is 0. The molecule has 1 aliphatic carbocycles. The van der Waals surface area contributed by atoms with Gasteiger partial charge in [0, 0.05) is 17.4 Å². The lowest BCUT2D eigenvalue weighted by Gasteiger charge is -2.30. The molecule has 0 atom stereocenters. The normalized spacial score (nSPS) is 19.5. The lowest BCUT2D eigenvalue weighted by Crippen LogP contribution is -2.36. The molecule has 0 N–H and O–H groups in total. The Hall–Kier alpha value is -2.01. The summed E-state index contributed by atoms with van der Waals surface area (Å²) in [5.74, 6) is 2.50. The average Bonchev–Trinajstić information content (AvgIpc) is 3.36. The third kappa shape index (κ3) is 3.41. The number of carbonyl (C=O) groups excluding carboxylic acids is 1. The number of hydrogen-bond acceptors (Lipinski definition) is 5. The number of Topliss-reactive ketones (excluding diaryl/α,β-unsaturated/α-hetero) is 1. The van der Waals surface area contributed by atoms with Crippen LogP contribution in [0.25, 0.3) is 0 Å². The summed E-state index contributed by atoms with van der Waals surface area (Å²) in [6, 6.07) is 7.91. The molecule has 0 spiro atoms. The van der Waals surface area contributed by atoms with Crippen LogP contribution in [-0.2, 0) is 6.54 Å². The zero-order valence-electron chi connectivity index (χ0n) is 14.1. The molecule has 4 rings (SSSR count). The second-order valence-corrected chi connectivity index (χ2v) is 7.10. The lowest BCUT2D eigenvalue weighted by molar-refractivity contribution is 0.0832. The van der Waals surface area contributed by atoms with Crippen LogP contribution in [-0.4, -0.2) is 33.9 Å². The first kappa shape index (κ1) is 15.5. The molecule has 1 aromatic carbocycles. The lowest BCUT2D eigenvalue weighted by atomic mass is 9.88. The molecular formula is C19H23N3O2. The van der Waals surface area contributed by atoms with Crippen LogP contribution in [0.3, 0.4) is 0 Å². The van der Waals surface area contributed by atoms with Crippen molar-refractivity contribution in [3.05, 3.63) is 47.1 Å². The molecule has 5 nitrogen and oxygen atoms in total. The Labute approximate surface area is 142 Å². The van der Waals surface area contributed by atoms with E-state index in [1.165, 1.54) is 18.4 Å². The zero-order valence-corrected chi connectivity index (χ0v) is 14.1. The summed E-state index contributed by atoms with van der Waals surface area (Å²) >= 11 is 0. The monoisotopic (exact) mass is 325 g/mol. The summed E-state index contributed by atoms with van der Waals surface area (Å²) < 4.78 is 5.32. The fourth-order valence-electron chi connectivity index (χ4n) is 3.33. The van der Waals surface area contributed by atoms with E-state index in [0.29, 0.717) is 5.92 Å². The van der Waals surface area contributed by atoms with Gasteiger partial charge in [-0.2, -0.15) is 4.98 Å². The van der Waals surface area contributed by atoms with E-state index in [2.05, 4.69) is 15.0 Å². The van der Waals surface area contributed by atoms with Crippen molar-refractivity contribution in [2.75, 3.05) is 13.1 Å². The van der Waals surface area contributed by atoms with E-state index in [0.717, 1.165) is 49.8 Å². The van der Waals surface area contributed by atoms with Crippen molar-refractivity contribution in [3.8, 4) is 0 Å². The van der Waals surface area contributed by atoms with Gasteiger partial charge >= 0.3 is 0 Å². The summed E-state index contributed by atoms with van der Waals surface area (Å²) in [6.45, 7) is 4.59. The number of aryl methyl sites for hydroxylation is 1. The second kappa shape index (κ2) is 6.48. The number of carbonyl (C=O) groups is 1. The van der Waals surface area contributed by atoms with Crippen molar-refractivity contribution in [1.29, 1.82) is 0 Å². The van der Waals surface area contributed by atoms with Crippen molar-refractivity contribution in [3.63, 3.8) is 0 Å². The molecule has 2 aliphatic rings. The highest BCUT2D eigenvalue weighted by Gasteiger charge is 2.30. The van der Waals surface area contributed by atoms with Crippen LogP contribution in [0.2, 0.25) is 0 Å². The highest BCUT2D eigenvalue weighted by atomic mass is 16.5. The Morgan fingerprint density at radius 3 is 2.54 bits per heavy atom. The van der Waals surface area contributed by atoms with E-state index in [9.17, 15) is 4.79 Å². The number of piperidine rings is 1. The largest absolute Gasteiger partial charge is 0.339 e. The third-order valence-electron chi connectivity index (χ3n) is 5.07. The number of nitrogens with zero attached hydrogens (tertiary/aromatic N) is 3. The van der Waals surface area contributed by atoms with Crippen LogP contribution in [0.4, 0.5) is 0 Å². The van der Waals surface area contributed by atoms with Gasteiger partial charge < -0.3 is 4.52 Å². The number of hydrogen-bond donors (Lipinski definition) is 0. The molecule has 2 heterocycles. The summed E-state index contributed by atoms with van der Waals surface area (Å²) in [5.41, 5.74) is 2.03. The van der Waals surface area contributed by atoms with Gasteiger partial charge in [-0.05, 0) is 45.7 Å².